The van der Waals surface area contributed by atoms with Crippen molar-refractivity contribution in [1.82, 2.24) is 15.1 Å². The van der Waals surface area contributed by atoms with E-state index < -0.39 is 17.4 Å². The number of Topliss-reactive ketones (excluding diaryl/α,β-unsaturated/α-hetero) is 1. The van der Waals surface area contributed by atoms with Crippen molar-refractivity contribution in [3.8, 4) is 0 Å². The molecule has 2 heterocycles. The molecule has 4 rings (SSSR count). The van der Waals surface area contributed by atoms with E-state index in [2.05, 4.69) is 5.32 Å². The number of rotatable bonds is 5. The van der Waals surface area contributed by atoms with Gasteiger partial charge in [-0.3, -0.25) is 19.3 Å². The molecule has 0 aromatic heterocycles. The molecule has 1 N–H and O–H groups in total. The number of halogens is 1. The summed E-state index contributed by atoms with van der Waals surface area (Å²) < 4.78 is 14.4. The molecular weight excluding hydrogens is 391 g/mol. The number of hydrogen-bond donors (Lipinski definition) is 1. The predicted octanol–water partition coefficient (Wildman–Crippen LogP) is 1.40. The first-order chi connectivity index (χ1) is 14.2. The fraction of sp³-hybridized carbons (Fsp3) is 0.524. The summed E-state index contributed by atoms with van der Waals surface area (Å²) in [5.74, 6) is -1.17. The average Bonchev–Trinajstić information content (AvgIpc) is 3.54. The minimum atomic E-state index is -0.903. The predicted molar refractivity (Wildman–Crippen MR) is 107 cm³/mol. The normalized spacial score (nSPS) is 24.3. The first-order valence-corrected chi connectivity index (χ1v) is 10.2. The molecule has 3 fully saturated rings. The van der Waals surface area contributed by atoms with E-state index in [0.29, 0.717) is 37.4 Å². The van der Waals surface area contributed by atoms with Crippen molar-refractivity contribution in [1.29, 1.82) is 0 Å². The lowest BCUT2D eigenvalue weighted by Crippen LogP contribution is -2.52. The molecule has 160 valence electrons. The van der Waals surface area contributed by atoms with E-state index in [1.54, 1.807) is 24.0 Å². The van der Waals surface area contributed by atoms with Crippen LogP contribution in [0.5, 0.6) is 0 Å². The summed E-state index contributed by atoms with van der Waals surface area (Å²) in [5.41, 5.74) is -0.196. The highest BCUT2D eigenvalue weighted by atomic mass is 19.1. The van der Waals surface area contributed by atoms with Gasteiger partial charge in [0.1, 0.15) is 17.9 Å². The molecule has 2 saturated heterocycles. The van der Waals surface area contributed by atoms with E-state index in [1.165, 1.54) is 13.0 Å². The van der Waals surface area contributed by atoms with Crippen LogP contribution in [0.3, 0.4) is 0 Å². The molecule has 30 heavy (non-hydrogen) atoms. The van der Waals surface area contributed by atoms with Crippen molar-refractivity contribution in [3.05, 3.63) is 29.6 Å². The van der Waals surface area contributed by atoms with Gasteiger partial charge in [-0.1, -0.05) is 0 Å². The molecule has 0 bridgehead atoms. The number of piperazine rings is 1. The molecule has 1 aromatic rings. The van der Waals surface area contributed by atoms with Gasteiger partial charge in [-0.15, -0.1) is 0 Å². The van der Waals surface area contributed by atoms with E-state index in [-0.39, 0.29) is 30.1 Å². The number of nitrogens with one attached hydrogen (secondary N) is 1. The zero-order valence-electron chi connectivity index (χ0n) is 17.1. The summed E-state index contributed by atoms with van der Waals surface area (Å²) in [6.07, 6.45) is 1.80. The van der Waals surface area contributed by atoms with Crippen LogP contribution in [0.15, 0.2) is 18.2 Å². The average molecular weight is 416 g/mol. The zero-order valence-corrected chi connectivity index (χ0v) is 17.1. The van der Waals surface area contributed by atoms with Crippen LogP contribution in [0, 0.1) is 11.7 Å². The minimum Gasteiger partial charge on any atom is -0.366 e. The van der Waals surface area contributed by atoms with Gasteiger partial charge in [0.15, 0.2) is 5.78 Å². The van der Waals surface area contributed by atoms with Crippen molar-refractivity contribution in [2.45, 2.75) is 32.2 Å². The monoisotopic (exact) mass is 416 g/mol. The van der Waals surface area contributed by atoms with Crippen LogP contribution in [-0.4, -0.2) is 71.7 Å². The van der Waals surface area contributed by atoms with E-state index in [1.807, 2.05) is 4.90 Å². The van der Waals surface area contributed by atoms with E-state index in [0.717, 1.165) is 17.7 Å². The summed E-state index contributed by atoms with van der Waals surface area (Å²) in [4.78, 5) is 53.4. The van der Waals surface area contributed by atoms with Crippen LogP contribution in [0.4, 0.5) is 14.9 Å². The molecule has 9 heteroatoms. The lowest BCUT2D eigenvalue weighted by Gasteiger charge is -2.36. The fourth-order valence-electron chi connectivity index (χ4n) is 4.21. The van der Waals surface area contributed by atoms with Crippen molar-refractivity contribution in [2.24, 2.45) is 5.92 Å². The van der Waals surface area contributed by atoms with E-state index in [9.17, 15) is 23.6 Å². The first-order valence-electron chi connectivity index (χ1n) is 10.2. The van der Waals surface area contributed by atoms with Gasteiger partial charge in [0.25, 0.3) is 5.91 Å². The third kappa shape index (κ3) is 3.53. The number of nitrogens with zero attached hydrogens (tertiary/aromatic N) is 3. The van der Waals surface area contributed by atoms with E-state index in [4.69, 9.17) is 0 Å². The van der Waals surface area contributed by atoms with Crippen LogP contribution in [0.2, 0.25) is 0 Å². The molecule has 4 amide bonds. The Kier molecular flexibility index (Phi) is 4.99. The fourth-order valence-corrected chi connectivity index (χ4v) is 4.21. The van der Waals surface area contributed by atoms with Crippen molar-refractivity contribution in [3.63, 3.8) is 0 Å². The van der Waals surface area contributed by atoms with Gasteiger partial charge < -0.3 is 15.1 Å². The lowest BCUT2D eigenvalue weighted by atomic mass is 9.96. The standard InChI is InChI=1S/C21H25FN4O4/c1-13(27)14-3-6-17(16(22)11-14)24-7-9-25(10-8-24)18(28)12-26-19(29)21(2,15-4-5-15)23-20(26)30/h3,6,11,15H,4-5,7-10,12H2,1-2H3,(H,23,30)/t21-/m0/s1. The first kappa shape index (κ1) is 20.3. The van der Waals surface area contributed by atoms with Gasteiger partial charge in [0.05, 0.1) is 5.69 Å². The van der Waals surface area contributed by atoms with Gasteiger partial charge in [-0.25, -0.2) is 9.18 Å². The van der Waals surface area contributed by atoms with Crippen LogP contribution < -0.4 is 10.2 Å². The molecule has 1 aliphatic carbocycles. The number of amides is 4. The van der Waals surface area contributed by atoms with Crippen LogP contribution in [0.1, 0.15) is 37.0 Å². The minimum absolute atomic E-state index is 0.141. The molecule has 8 nitrogen and oxygen atoms in total. The van der Waals surface area contributed by atoms with Gasteiger partial charge in [-0.2, -0.15) is 0 Å². The Hall–Kier alpha value is -2.97. The molecule has 3 aliphatic rings. The number of carbonyl (C=O) groups is 4. The zero-order chi connectivity index (χ0) is 21.6. The largest absolute Gasteiger partial charge is 0.366 e. The molecule has 0 unspecified atom stereocenters. The molecular formula is C21H25FN4O4. The molecule has 0 radical (unpaired) electrons. The highest BCUT2D eigenvalue weighted by Gasteiger charge is 2.56. The third-order valence-electron chi connectivity index (χ3n) is 6.32. The van der Waals surface area contributed by atoms with Gasteiger partial charge in [0, 0.05) is 31.7 Å². The second kappa shape index (κ2) is 7.37. The molecule has 0 spiro atoms. The summed E-state index contributed by atoms with van der Waals surface area (Å²) in [7, 11) is 0. The van der Waals surface area contributed by atoms with Gasteiger partial charge in [-0.05, 0) is 50.8 Å². The summed E-state index contributed by atoms with van der Waals surface area (Å²) >= 11 is 0. The van der Waals surface area contributed by atoms with Gasteiger partial charge in [0.2, 0.25) is 5.91 Å². The Morgan fingerprint density at radius 3 is 2.40 bits per heavy atom. The molecule has 1 saturated carbocycles. The number of ketones is 1. The third-order valence-corrected chi connectivity index (χ3v) is 6.32. The topological polar surface area (TPSA) is 90.0 Å². The summed E-state index contributed by atoms with van der Waals surface area (Å²) in [6, 6.07) is 3.88. The quantitative estimate of drug-likeness (QED) is 0.579. The Morgan fingerprint density at radius 1 is 1.17 bits per heavy atom. The number of anilines is 1. The Balaban J connectivity index is 1.35. The summed E-state index contributed by atoms with van der Waals surface area (Å²) in [6.45, 7) is 4.38. The van der Waals surface area contributed by atoms with Crippen LogP contribution >= 0.6 is 0 Å². The van der Waals surface area contributed by atoms with Crippen molar-refractivity contribution >= 4 is 29.3 Å². The summed E-state index contributed by atoms with van der Waals surface area (Å²) in [5, 5.41) is 2.74. The Bertz CT molecular complexity index is 924. The van der Waals surface area contributed by atoms with Gasteiger partial charge >= 0.3 is 6.03 Å². The smallest absolute Gasteiger partial charge is 0.325 e. The molecule has 1 aromatic carbocycles. The number of carbonyl (C=O) groups excluding carboxylic acids is 4. The molecule has 1 atom stereocenters. The highest BCUT2D eigenvalue weighted by molar-refractivity contribution is 6.09. The lowest BCUT2D eigenvalue weighted by molar-refractivity contribution is -0.139. The SMILES string of the molecule is CC(=O)c1ccc(N2CCN(C(=O)CN3C(=O)N[C@@](C)(C4CC4)C3=O)CC2)c(F)c1. The number of hydrogen-bond acceptors (Lipinski definition) is 5. The number of imide groups is 1. The van der Waals surface area contributed by atoms with E-state index >= 15 is 0 Å². The van der Waals surface area contributed by atoms with Crippen LogP contribution in [0.25, 0.3) is 0 Å². The maximum Gasteiger partial charge on any atom is 0.325 e. The number of urea groups is 1. The Morgan fingerprint density at radius 2 is 1.83 bits per heavy atom. The van der Waals surface area contributed by atoms with Crippen molar-refractivity contribution in [2.75, 3.05) is 37.6 Å². The van der Waals surface area contributed by atoms with Crippen LogP contribution in [-0.2, 0) is 9.59 Å². The number of benzene rings is 1. The van der Waals surface area contributed by atoms with Crippen molar-refractivity contribution < 1.29 is 23.6 Å². The Labute approximate surface area is 174 Å². The second-order valence-corrected chi connectivity index (χ2v) is 8.39. The maximum atomic E-state index is 14.4. The highest BCUT2D eigenvalue weighted by Crippen LogP contribution is 2.42. The second-order valence-electron chi connectivity index (χ2n) is 8.39. The molecule has 2 aliphatic heterocycles. The maximum absolute atomic E-state index is 14.4.